The lowest BCUT2D eigenvalue weighted by atomic mass is 10.5. The molecule has 0 fully saturated rings. The highest BCUT2D eigenvalue weighted by molar-refractivity contribution is 7.71. The molecule has 0 radical (unpaired) electrons. The van der Waals surface area contributed by atoms with E-state index < -0.39 is 15.7 Å². The number of alkyl halides is 1. The minimum atomic E-state index is -2.32. The Morgan fingerprint density at radius 2 is 2.25 bits per heavy atom. The zero-order valence-electron chi connectivity index (χ0n) is 3.70. The second-order valence-corrected chi connectivity index (χ2v) is 2.19. The molecule has 0 aliphatic carbocycles. The van der Waals surface area contributed by atoms with Gasteiger partial charge in [-0.1, -0.05) is 0 Å². The third-order valence-electron chi connectivity index (χ3n) is 0.354. The van der Waals surface area contributed by atoms with Crippen LogP contribution in [0.25, 0.3) is 0 Å². The number of nitrogens with zero attached hydrogens (tertiary/aromatic N) is 1. The summed E-state index contributed by atoms with van der Waals surface area (Å²) >= 11 is 5.05. The average molecular weight is 152 g/mol. The molecular formula is C3H2ClNO2S. The minimum absolute atomic E-state index is 0.710. The Morgan fingerprint density at radius 1 is 1.75 bits per heavy atom. The van der Waals surface area contributed by atoms with Crippen LogP contribution < -0.4 is 0 Å². The predicted molar refractivity (Wildman–Crippen MR) is 30.2 cm³/mol. The van der Waals surface area contributed by atoms with Gasteiger partial charge in [-0.2, -0.15) is 13.7 Å². The zero-order chi connectivity index (χ0) is 6.57. The van der Waals surface area contributed by atoms with Crippen molar-refractivity contribution in [1.82, 2.24) is 0 Å². The molecule has 5 heteroatoms. The fourth-order valence-corrected chi connectivity index (χ4v) is 0.636. The highest BCUT2D eigenvalue weighted by Gasteiger charge is 1.93. The standard InChI is InChI=1S/C3H2ClNO2S/c4-3(1-5)2-8(6)7/h2-3H. The fourth-order valence-electron chi connectivity index (χ4n) is 0.128. The normalized spacial score (nSPS) is 11.5. The monoisotopic (exact) mass is 151 g/mol. The van der Waals surface area contributed by atoms with Gasteiger partial charge in [0.2, 0.25) is 10.3 Å². The van der Waals surface area contributed by atoms with Gasteiger partial charge in [-0.3, -0.25) is 0 Å². The molecule has 0 amide bonds. The van der Waals surface area contributed by atoms with Crippen LogP contribution in [0, 0.1) is 11.3 Å². The van der Waals surface area contributed by atoms with E-state index in [1.807, 2.05) is 0 Å². The van der Waals surface area contributed by atoms with Crippen LogP contribution in [-0.2, 0) is 10.3 Å². The van der Waals surface area contributed by atoms with Gasteiger partial charge in [-0.25, -0.2) is 0 Å². The molecule has 0 saturated heterocycles. The first kappa shape index (κ1) is 7.47. The van der Waals surface area contributed by atoms with Crippen molar-refractivity contribution in [1.29, 1.82) is 5.26 Å². The van der Waals surface area contributed by atoms with Gasteiger partial charge in [0.15, 0.2) is 5.38 Å². The van der Waals surface area contributed by atoms with Crippen molar-refractivity contribution < 1.29 is 8.42 Å². The van der Waals surface area contributed by atoms with Crippen LogP contribution >= 0.6 is 11.6 Å². The van der Waals surface area contributed by atoms with Crippen molar-refractivity contribution in [2.24, 2.45) is 0 Å². The first-order valence-electron chi connectivity index (χ1n) is 1.63. The molecule has 8 heavy (non-hydrogen) atoms. The van der Waals surface area contributed by atoms with Gasteiger partial charge in [0.1, 0.15) is 0 Å². The molecule has 0 saturated carbocycles. The molecule has 0 aromatic rings. The molecule has 0 heterocycles. The maximum Gasteiger partial charge on any atom is 0.212 e. The van der Waals surface area contributed by atoms with Crippen LogP contribution in [0.4, 0.5) is 0 Å². The Bertz CT molecular complexity index is 216. The van der Waals surface area contributed by atoms with E-state index in [1.165, 1.54) is 6.07 Å². The number of hydrogen-bond acceptors (Lipinski definition) is 3. The van der Waals surface area contributed by atoms with E-state index in [-0.39, 0.29) is 0 Å². The quantitative estimate of drug-likeness (QED) is 0.385. The number of nitriles is 1. The molecule has 3 nitrogen and oxygen atoms in total. The summed E-state index contributed by atoms with van der Waals surface area (Å²) in [5, 5.41) is 7.57. The SMILES string of the molecule is N#CC(Cl)C=S(=O)=O. The summed E-state index contributed by atoms with van der Waals surface area (Å²) in [4.78, 5) is 0. The van der Waals surface area contributed by atoms with E-state index in [0.29, 0.717) is 5.37 Å². The van der Waals surface area contributed by atoms with Crippen LogP contribution in [0.5, 0.6) is 0 Å². The molecule has 0 N–H and O–H groups in total. The third-order valence-corrected chi connectivity index (χ3v) is 1.22. The molecule has 0 spiro atoms. The van der Waals surface area contributed by atoms with E-state index in [9.17, 15) is 8.42 Å². The van der Waals surface area contributed by atoms with Gasteiger partial charge < -0.3 is 0 Å². The third kappa shape index (κ3) is 3.65. The second-order valence-electron chi connectivity index (χ2n) is 0.927. The molecule has 1 unspecified atom stereocenters. The van der Waals surface area contributed by atoms with Crippen LogP contribution in [0.15, 0.2) is 0 Å². The Balaban J connectivity index is 4.17. The van der Waals surface area contributed by atoms with Crippen molar-refractivity contribution in [2.45, 2.75) is 5.38 Å². The van der Waals surface area contributed by atoms with Crippen LogP contribution in [-0.4, -0.2) is 19.2 Å². The summed E-state index contributed by atoms with van der Waals surface area (Å²) in [5.41, 5.74) is 0. The number of halogens is 1. The maximum absolute atomic E-state index is 9.68. The van der Waals surface area contributed by atoms with E-state index in [4.69, 9.17) is 16.9 Å². The summed E-state index contributed by atoms with van der Waals surface area (Å²) in [5.74, 6) is 0. The molecule has 0 aromatic heterocycles. The lowest BCUT2D eigenvalue weighted by Gasteiger charge is -1.75. The summed E-state index contributed by atoms with van der Waals surface area (Å²) in [6, 6.07) is 1.51. The van der Waals surface area contributed by atoms with Gasteiger partial charge >= 0.3 is 0 Å². The molecule has 0 aliphatic heterocycles. The lowest BCUT2D eigenvalue weighted by molar-refractivity contribution is 0.627. The van der Waals surface area contributed by atoms with Crippen molar-refractivity contribution in [3.05, 3.63) is 0 Å². The van der Waals surface area contributed by atoms with E-state index in [1.54, 1.807) is 0 Å². The average Bonchev–Trinajstić information content (AvgIpc) is 1.65. The number of hydrogen-bond donors (Lipinski definition) is 0. The molecule has 0 aliphatic rings. The lowest BCUT2D eigenvalue weighted by Crippen LogP contribution is -1.93. The van der Waals surface area contributed by atoms with Crippen LogP contribution in [0.2, 0.25) is 0 Å². The van der Waals surface area contributed by atoms with Gasteiger partial charge in [0.25, 0.3) is 0 Å². The molecule has 0 bridgehead atoms. The van der Waals surface area contributed by atoms with Crippen molar-refractivity contribution >= 4 is 27.3 Å². The summed E-state index contributed by atoms with van der Waals surface area (Å²) < 4.78 is 19.4. The maximum atomic E-state index is 9.68. The smallest absolute Gasteiger partial charge is 0.196 e. The van der Waals surface area contributed by atoms with Gasteiger partial charge in [-0.15, -0.1) is 11.6 Å². The van der Waals surface area contributed by atoms with Crippen LogP contribution in [0.3, 0.4) is 0 Å². The zero-order valence-corrected chi connectivity index (χ0v) is 5.28. The van der Waals surface area contributed by atoms with Gasteiger partial charge in [0, 0.05) is 0 Å². The predicted octanol–water partition coefficient (Wildman–Crippen LogP) is -0.201. The summed E-state index contributed by atoms with van der Waals surface area (Å²) in [6.45, 7) is 0. The Labute approximate surface area is 53.0 Å². The topological polar surface area (TPSA) is 57.9 Å². The van der Waals surface area contributed by atoms with Crippen molar-refractivity contribution in [2.75, 3.05) is 0 Å². The highest BCUT2D eigenvalue weighted by atomic mass is 35.5. The molecule has 1 atom stereocenters. The van der Waals surface area contributed by atoms with E-state index >= 15 is 0 Å². The summed E-state index contributed by atoms with van der Waals surface area (Å²) in [7, 11) is -2.32. The highest BCUT2D eigenvalue weighted by Crippen LogP contribution is 1.84. The largest absolute Gasteiger partial charge is 0.212 e. The molecule has 44 valence electrons. The minimum Gasteiger partial charge on any atom is -0.196 e. The van der Waals surface area contributed by atoms with Crippen LogP contribution in [0.1, 0.15) is 0 Å². The van der Waals surface area contributed by atoms with E-state index in [2.05, 4.69) is 0 Å². The van der Waals surface area contributed by atoms with E-state index in [0.717, 1.165) is 0 Å². The Morgan fingerprint density at radius 3 is 2.38 bits per heavy atom. The van der Waals surface area contributed by atoms with Gasteiger partial charge in [0.05, 0.1) is 11.4 Å². The first-order chi connectivity index (χ1) is 3.66. The second kappa shape index (κ2) is 3.47. The first-order valence-corrected chi connectivity index (χ1v) is 3.21. The molecule has 0 rings (SSSR count). The van der Waals surface area contributed by atoms with Crippen molar-refractivity contribution in [3.63, 3.8) is 0 Å². The van der Waals surface area contributed by atoms with Gasteiger partial charge in [-0.05, 0) is 0 Å². The molecular weight excluding hydrogens is 150 g/mol. The molecule has 0 aromatic carbocycles. The fraction of sp³-hybridized carbons (Fsp3) is 0.333. The van der Waals surface area contributed by atoms with Crippen molar-refractivity contribution in [3.8, 4) is 6.07 Å². The summed E-state index contributed by atoms with van der Waals surface area (Å²) in [6.07, 6.45) is 0. The Hall–Kier alpha value is -0.530. The Kier molecular flexibility index (Phi) is 3.24. The number of rotatable bonds is 1.